The van der Waals surface area contributed by atoms with Crippen molar-refractivity contribution in [3.63, 3.8) is 0 Å². The third-order valence-corrected chi connectivity index (χ3v) is 2.33. The van der Waals surface area contributed by atoms with Gasteiger partial charge in [0.25, 0.3) is 0 Å². The third kappa shape index (κ3) is 11.5. The standard InChI is InChI=1S/C13H26O/c1-3-5-6-7-8-9-10-11-12-13-14-4-2/h12-13H,3-11H2,1-2H3/b13-12-. The minimum absolute atomic E-state index is 0.785. The van der Waals surface area contributed by atoms with Gasteiger partial charge < -0.3 is 4.74 Å². The minimum Gasteiger partial charge on any atom is -0.502 e. The van der Waals surface area contributed by atoms with E-state index < -0.39 is 0 Å². The zero-order valence-electron chi connectivity index (χ0n) is 9.93. The largest absolute Gasteiger partial charge is 0.502 e. The molecule has 0 aliphatic carbocycles. The van der Waals surface area contributed by atoms with Gasteiger partial charge in [0, 0.05) is 0 Å². The number of unbranched alkanes of at least 4 members (excludes halogenated alkanes) is 7. The molecule has 0 aromatic heterocycles. The van der Waals surface area contributed by atoms with Gasteiger partial charge >= 0.3 is 0 Å². The van der Waals surface area contributed by atoms with Gasteiger partial charge in [-0.2, -0.15) is 0 Å². The number of ether oxygens (including phenoxy) is 1. The molecule has 0 unspecified atom stereocenters. The Bertz CT molecular complexity index is 118. The highest BCUT2D eigenvalue weighted by molar-refractivity contribution is 4.72. The van der Waals surface area contributed by atoms with Crippen LogP contribution in [0, 0.1) is 0 Å². The lowest BCUT2D eigenvalue weighted by Gasteiger charge is -1.98. The Morgan fingerprint density at radius 1 is 0.857 bits per heavy atom. The van der Waals surface area contributed by atoms with Crippen LogP contribution in [0.15, 0.2) is 12.3 Å². The van der Waals surface area contributed by atoms with E-state index in [4.69, 9.17) is 4.74 Å². The van der Waals surface area contributed by atoms with Gasteiger partial charge in [0.15, 0.2) is 0 Å². The van der Waals surface area contributed by atoms with Gasteiger partial charge in [0.1, 0.15) is 0 Å². The smallest absolute Gasteiger partial charge is 0.0845 e. The molecule has 0 atom stereocenters. The van der Waals surface area contributed by atoms with Crippen LogP contribution in [0.4, 0.5) is 0 Å². The molecule has 0 aromatic carbocycles. The maximum Gasteiger partial charge on any atom is 0.0845 e. The first-order chi connectivity index (χ1) is 6.91. The van der Waals surface area contributed by atoms with Crippen molar-refractivity contribution in [2.75, 3.05) is 6.61 Å². The average Bonchev–Trinajstić information content (AvgIpc) is 2.21. The number of allylic oxidation sites excluding steroid dienone is 1. The molecular formula is C13H26O. The van der Waals surface area contributed by atoms with Gasteiger partial charge in [-0.15, -0.1) is 0 Å². The lowest BCUT2D eigenvalue weighted by molar-refractivity contribution is 0.268. The molecule has 1 nitrogen and oxygen atoms in total. The van der Waals surface area contributed by atoms with E-state index in [1.165, 1.54) is 51.4 Å². The summed E-state index contributed by atoms with van der Waals surface area (Å²) in [7, 11) is 0. The molecule has 84 valence electrons. The highest BCUT2D eigenvalue weighted by Crippen LogP contribution is 2.08. The predicted molar refractivity (Wildman–Crippen MR) is 63.4 cm³/mol. The van der Waals surface area contributed by atoms with Crippen molar-refractivity contribution >= 4 is 0 Å². The topological polar surface area (TPSA) is 9.23 Å². The number of rotatable bonds is 10. The Hall–Kier alpha value is -0.460. The molecule has 0 rings (SSSR count). The summed E-state index contributed by atoms with van der Waals surface area (Å²) < 4.78 is 5.11. The summed E-state index contributed by atoms with van der Waals surface area (Å²) >= 11 is 0. The van der Waals surface area contributed by atoms with Crippen molar-refractivity contribution < 1.29 is 4.74 Å². The van der Waals surface area contributed by atoms with Crippen molar-refractivity contribution in [3.05, 3.63) is 12.3 Å². The molecule has 0 N–H and O–H groups in total. The van der Waals surface area contributed by atoms with Crippen molar-refractivity contribution in [2.45, 2.75) is 65.2 Å². The second-order valence-electron chi connectivity index (χ2n) is 3.74. The molecule has 0 aromatic rings. The van der Waals surface area contributed by atoms with Crippen LogP contribution < -0.4 is 0 Å². The zero-order valence-corrected chi connectivity index (χ0v) is 9.93. The summed E-state index contributed by atoms with van der Waals surface area (Å²) in [6.07, 6.45) is 14.8. The van der Waals surface area contributed by atoms with E-state index in [1.807, 2.05) is 13.2 Å². The fourth-order valence-corrected chi connectivity index (χ4v) is 1.45. The molecule has 0 radical (unpaired) electrons. The van der Waals surface area contributed by atoms with Gasteiger partial charge in [-0.25, -0.2) is 0 Å². The minimum atomic E-state index is 0.785. The SMILES string of the molecule is CCCCCCCCC/C=C\OCC. The van der Waals surface area contributed by atoms with Gasteiger partial charge in [-0.3, -0.25) is 0 Å². The predicted octanol–water partition coefficient (Wildman–Crippen LogP) is 4.68. The zero-order chi connectivity index (χ0) is 10.5. The molecule has 0 saturated carbocycles. The maximum atomic E-state index is 5.11. The molecule has 0 bridgehead atoms. The Morgan fingerprint density at radius 2 is 1.50 bits per heavy atom. The Labute approximate surface area is 89.5 Å². The highest BCUT2D eigenvalue weighted by Gasteiger charge is 1.88. The Balaban J connectivity index is 2.91. The van der Waals surface area contributed by atoms with E-state index in [1.54, 1.807) is 0 Å². The second-order valence-corrected chi connectivity index (χ2v) is 3.74. The summed E-state index contributed by atoms with van der Waals surface area (Å²) in [5, 5.41) is 0. The summed E-state index contributed by atoms with van der Waals surface area (Å²) in [4.78, 5) is 0. The molecular weight excluding hydrogens is 172 g/mol. The molecule has 0 amide bonds. The molecule has 0 aliphatic heterocycles. The maximum absolute atomic E-state index is 5.11. The summed E-state index contributed by atoms with van der Waals surface area (Å²) in [6.45, 7) is 5.06. The fraction of sp³-hybridized carbons (Fsp3) is 0.846. The van der Waals surface area contributed by atoms with Crippen LogP contribution in [0.2, 0.25) is 0 Å². The van der Waals surface area contributed by atoms with Gasteiger partial charge in [-0.1, -0.05) is 45.4 Å². The molecule has 14 heavy (non-hydrogen) atoms. The Morgan fingerprint density at radius 3 is 2.14 bits per heavy atom. The fourth-order valence-electron chi connectivity index (χ4n) is 1.45. The second kappa shape index (κ2) is 12.5. The van der Waals surface area contributed by atoms with E-state index in [2.05, 4.69) is 13.0 Å². The number of hydrogen-bond acceptors (Lipinski definition) is 1. The van der Waals surface area contributed by atoms with Crippen LogP contribution in [0.3, 0.4) is 0 Å². The lowest BCUT2D eigenvalue weighted by atomic mass is 10.1. The van der Waals surface area contributed by atoms with Crippen molar-refractivity contribution in [2.24, 2.45) is 0 Å². The van der Waals surface area contributed by atoms with Crippen LogP contribution in [0.1, 0.15) is 65.2 Å². The molecule has 1 heteroatoms. The van der Waals surface area contributed by atoms with Crippen LogP contribution in [-0.4, -0.2) is 6.61 Å². The molecule has 0 fully saturated rings. The molecule has 0 saturated heterocycles. The van der Waals surface area contributed by atoms with Gasteiger partial charge in [0.05, 0.1) is 12.9 Å². The van der Waals surface area contributed by atoms with Crippen molar-refractivity contribution in [3.8, 4) is 0 Å². The van der Waals surface area contributed by atoms with E-state index in [0.29, 0.717) is 0 Å². The summed E-state index contributed by atoms with van der Waals surface area (Å²) in [5.41, 5.74) is 0. The van der Waals surface area contributed by atoms with Crippen LogP contribution in [0.5, 0.6) is 0 Å². The number of hydrogen-bond donors (Lipinski definition) is 0. The molecule has 0 heterocycles. The van der Waals surface area contributed by atoms with Gasteiger partial charge in [-0.05, 0) is 25.8 Å². The highest BCUT2D eigenvalue weighted by atomic mass is 16.5. The van der Waals surface area contributed by atoms with E-state index in [-0.39, 0.29) is 0 Å². The first kappa shape index (κ1) is 13.5. The van der Waals surface area contributed by atoms with E-state index in [9.17, 15) is 0 Å². The first-order valence-corrected chi connectivity index (χ1v) is 6.18. The van der Waals surface area contributed by atoms with Crippen LogP contribution in [-0.2, 0) is 4.74 Å². The average molecular weight is 198 g/mol. The summed E-state index contributed by atoms with van der Waals surface area (Å²) in [6, 6.07) is 0. The molecule has 0 aliphatic rings. The molecule has 0 spiro atoms. The quantitative estimate of drug-likeness (QED) is 0.366. The lowest BCUT2D eigenvalue weighted by Crippen LogP contribution is -1.80. The third-order valence-electron chi connectivity index (χ3n) is 2.33. The van der Waals surface area contributed by atoms with E-state index in [0.717, 1.165) is 6.61 Å². The Kier molecular flexibility index (Phi) is 12.1. The van der Waals surface area contributed by atoms with Crippen molar-refractivity contribution in [1.82, 2.24) is 0 Å². The normalized spacial score (nSPS) is 11.0. The van der Waals surface area contributed by atoms with E-state index >= 15 is 0 Å². The van der Waals surface area contributed by atoms with Gasteiger partial charge in [0.2, 0.25) is 0 Å². The first-order valence-electron chi connectivity index (χ1n) is 6.18. The van der Waals surface area contributed by atoms with Crippen molar-refractivity contribution in [1.29, 1.82) is 0 Å². The van der Waals surface area contributed by atoms with Crippen LogP contribution in [0.25, 0.3) is 0 Å². The summed E-state index contributed by atoms with van der Waals surface area (Å²) in [5.74, 6) is 0. The monoisotopic (exact) mass is 198 g/mol. The van der Waals surface area contributed by atoms with Crippen LogP contribution >= 0.6 is 0 Å².